The summed E-state index contributed by atoms with van der Waals surface area (Å²) in [5.41, 5.74) is 1.14. The fraction of sp³-hybridized carbons (Fsp3) is 0.533. The lowest BCUT2D eigenvalue weighted by Gasteiger charge is -2.22. The molecular formula is C15H21NO3. The van der Waals surface area contributed by atoms with Crippen molar-refractivity contribution in [3.05, 3.63) is 35.9 Å². The minimum Gasteiger partial charge on any atom is -0.381 e. The average Bonchev–Trinajstić information content (AvgIpc) is 3.18. The number of carbonyl (C=O) groups excluding carboxylic acids is 1. The van der Waals surface area contributed by atoms with Crippen molar-refractivity contribution in [2.45, 2.75) is 19.1 Å². The Morgan fingerprint density at radius 2 is 2.05 bits per heavy atom. The second-order valence-corrected chi connectivity index (χ2v) is 4.96. The van der Waals surface area contributed by atoms with Gasteiger partial charge in [-0.15, -0.1) is 0 Å². The molecule has 1 aliphatic carbocycles. The Morgan fingerprint density at radius 1 is 1.32 bits per heavy atom. The molecule has 0 spiro atoms. The SMILES string of the molecule is COCC(=O)N(Cc1ccccc1)CC1CC1OC. The molecule has 19 heavy (non-hydrogen) atoms. The van der Waals surface area contributed by atoms with Gasteiger partial charge in [-0.1, -0.05) is 30.3 Å². The van der Waals surface area contributed by atoms with Crippen LogP contribution in [0.1, 0.15) is 12.0 Å². The topological polar surface area (TPSA) is 38.8 Å². The Morgan fingerprint density at radius 3 is 2.63 bits per heavy atom. The molecule has 104 valence electrons. The molecule has 0 aromatic heterocycles. The predicted octanol–water partition coefficient (Wildman–Crippen LogP) is 1.70. The lowest BCUT2D eigenvalue weighted by Crippen LogP contribution is -2.35. The lowest BCUT2D eigenvalue weighted by molar-refractivity contribution is -0.136. The second-order valence-electron chi connectivity index (χ2n) is 4.96. The quantitative estimate of drug-likeness (QED) is 0.751. The van der Waals surface area contributed by atoms with Crippen molar-refractivity contribution in [3.63, 3.8) is 0 Å². The Balaban J connectivity index is 1.96. The molecular weight excluding hydrogens is 242 g/mol. The summed E-state index contributed by atoms with van der Waals surface area (Å²) in [6.45, 7) is 1.52. The van der Waals surface area contributed by atoms with Crippen LogP contribution in [0.25, 0.3) is 0 Å². The molecule has 2 rings (SSSR count). The average molecular weight is 263 g/mol. The first-order chi connectivity index (χ1) is 9.24. The third kappa shape index (κ3) is 4.04. The van der Waals surface area contributed by atoms with E-state index >= 15 is 0 Å². The third-order valence-electron chi connectivity index (χ3n) is 3.45. The summed E-state index contributed by atoms with van der Waals surface area (Å²) < 4.78 is 10.3. The van der Waals surface area contributed by atoms with E-state index in [2.05, 4.69) is 0 Å². The minimum atomic E-state index is 0.0353. The van der Waals surface area contributed by atoms with Crippen LogP contribution in [0.15, 0.2) is 30.3 Å². The van der Waals surface area contributed by atoms with Gasteiger partial charge >= 0.3 is 0 Å². The molecule has 1 aliphatic rings. The molecule has 0 N–H and O–H groups in total. The summed E-state index contributed by atoms with van der Waals surface area (Å²) in [6, 6.07) is 10.0. The number of nitrogens with zero attached hydrogens (tertiary/aromatic N) is 1. The van der Waals surface area contributed by atoms with Crippen molar-refractivity contribution in [3.8, 4) is 0 Å². The van der Waals surface area contributed by atoms with Gasteiger partial charge in [-0.05, 0) is 12.0 Å². The normalized spacial score (nSPS) is 21.2. The van der Waals surface area contributed by atoms with Gasteiger partial charge in [0.1, 0.15) is 6.61 Å². The van der Waals surface area contributed by atoms with Gasteiger partial charge in [0, 0.05) is 33.2 Å². The highest BCUT2D eigenvalue weighted by Gasteiger charge is 2.39. The largest absolute Gasteiger partial charge is 0.381 e. The molecule has 4 nitrogen and oxygen atoms in total. The standard InChI is InChI=1S/C15H21NO3/c1-18-11-15(17)16(10-13-8-14(13)19-2)9-12-6-4-3-5-7-12/h3-7,13-14H,8-11H2,1-2H3. The van der Waals surface area contributed by atoms with E-state index in [-0.39, 0.29) is 12.5 Å². The van der Waals surface area contributed by atoms with Crippen LogP contribution in [0.5, 0.6) is 0 Å². The highest BCUT2D eigenvalue weighted by atomic mass is 16.5. The van der Waals surface area contributed by atoms with Crippen LogP contribution in [0.4, 0.5) is 0 Å². The van der Waals surface area contributed by atoms with E-state index in [1.807, 2.05) is 35.2 Å². The molecule has 1 fully saturated rings. The van der Waals surface area contributed by atoms with Gasteiger partial charge in [0.25, 0.3) is 0 Å². The fourth-order valence-corrected chi connectivity index (χ4v) is 2.26. The first-order valence-corrected chi connectivity index (χ1v) is 6.58. The number of ether oxygens (including phenoxy) is 2. The summed E-state index contributed by atoms with van der Waals surface area (Å²) in [5.74, 6) is 0.502. The first-order valence-electron chi connectivity index (χ1n) is 6.58. The highest BCUT2D eigenvalue weighted by molar-refractivity contribution is 5.77. The summed E-state index contributed by atoms with van der Waals surface area (Å²) in [4.78, 5) is 13.9. The predicted molar refractivity (Wildman–Crippen MR) is 72.6 cm³/mol. The number of rotatable bonds is 7. The van der Waals surface area contributed by atoms with E-state index in [0.717, 1.165) is 18.5 Å². The Labute approximate surface area is 114 Å². The minimum absolute atomic E-state index is 0.0353. The molecule has 1 aromatic carbocycles. The molecule has 0 bridgehead atoms. The van der Waals surface area contributed by atoms with Crippen LogP contribution in [0.3, 0.4) is 0 Å². The molecule has 0 heterocycles. The molecule has 2 unspecified atom stereocenters. The van der Waals surface area contributed by atoms with E-state index in [0.29, 0.717) is 18.6 Å². The van der Waals surface area contributed by atoms with Crippen LogP contribution in [-0.2, 0) is 20.8 Å². The Hall–Kier alpha value is -1.39. The van der Waals surface area contributed by atoms with Crippen LogP contribution in [0, 0.1) is 5.92 Å². The smallest absolute Gasteiger partial charge is 0.248 e. The molecule has 0 aliphatic heterocycles. The summed E-state index contributed by atoms with van der Waals surface area (Å²) in [7, 11) is 3.27. The Kier molecular flexibility index (Phi) is 4.93. The fourth-order valence-electron chi connectivity index (χ4n) is 2.26. The van der Waals surface area contributed by atoms with Crippen molar-refractivity contribution < 1.29 is 14.3 Å². The molecule has 1 saturated carbocycles. The number of benzene rings is 1. The molecule has 1 aromatic rings. The summed E-state index contributed by atoms with van der Waals surface area (Å²) >= 11 is 0. The van der Waals surface area contributed by atoms with Crippen LogP contribution >= 0.6 is 0 Å². The first kappa shape index (κ1) is 14.0. The molecule has 4 heteroatoms. The van der Waals surface area contributed by atoms with E-state index in [4.69, 9.17) is 9.47 Å². The van der Waals surface area contributed by atoms with E-state index in [1.54, 1.807) is 14.2 Å². The van der Waals surface area contributed by atoms with Crippen LogP contribution in [-0.4, -0.2) is 44.3 Å². The van der Waals surface area contributed by atoms with Crippen molar-refractivity contribution in [2.24, 2.45) is 5.92 Å². The zero-order valence-electron chi connectivity index (χ0n) is 11.5. The zero-order chi connectivity index (χ0) is 13.7. The van der Waals surface area contributed by atoms with Crippen molar-refractivity contribution >= 4 is 5.91 Å². The lowest BCUT2D eigenvalue weighted by atomic mass is 10.2. The van der Waals surface area contributed by atoms with E-state index < -0.39 is 0 Å². The van der Waals surface area contributed by atoms with Crippen LogP contribution < -0.4 is 0 Å². The number of methoxy groups -OCH3 is 2. The third-order valence-corrected chi connectivity index (χ3v) is 3.45. The zero-order valence-corrected chi connectivity index (χ0v) is 11.5. The van der Waals surface area contributed by atoms with Gasteiger partial charge in [-0.25, -0.2) is 0 Å². The molecule has 2 atom stereocenters. The maximum absolute atomic E-state index is 12.1. The number of hydrogen-bond acceptors (Lipinski definition) is 3. The second kappa shape index (κ2) is 6.68. The maximum Gasteiger partial charge on any atom is 0.248 e. The van der Waals surface area contributed by atoms with Crippen molar-refractivity contribution in [1.82, 2.24) is 4.90 Å². The van der Waals surface area contributed by atoms with E-state index in [1.165, 1.54) is 0 Å². The van der Waals surface area contributed by atoms with Gasteiger partial charge < -0.3 is 14.4 Å². The molecule has 0 radical (unpaired) electrons. The number of amides is 1. The van der Waals surface area contributed by atoms with Gasteiger partial charge in [0.2, 0.25) is 5.91 Å². The van der Waals surface area contributed by atoms with Gasteiger partial charge in [-0.2, -0.15) is 0 Å². The number of carbonyl (C=O) groups is 1. The van der Waals surface area contributed by atoms with Gasteiger partial charge in [0.15, 0.2) is 0 Å². The monoisotopic (exact) mass is 263 g/mol. The molecule has 1 amide bonds. The van der Waals surface area contributed by atoms with Gasteiger partial charge in [-0.3, -0.25) is 4.79 Å². The van der Waals surface area contributed by atoms with Crippen molar-refractivity contribution in [1.29, 1.82) is 0 Å². The van der Waals surface area contributed by atoms with Crippen LogP contribution in [0.2, 0.25) is 0 Å². The number of hydrogen-bond donors (Lipinski definition) is 0. The molecule has 0 saturated heterocycles. The highest BCUT2D eigenvalue weighted by Crippen LogP contribution is 2.34. The maximum atomic E-state index is 12.1. The Bertz CT molecular complexity index is 407. The summed E-state index contributed by atoms with van der Waals surface area (Å²) in [5, 5.41) is 0. The van der Waals surface area contributed by atoms with Crippen molar-refractivity contribution in [2.75, 3.05) is 27.4 Å². The summed E-state index contributed by atoms with van der Waals surface area (Å²) in [6.07, 6.45) is 1.36. The van der Waals surface area contributed by atoms with E-state index in [9.17, 15) is 4.79 Å². The van der Waals surface area contributed by atoms with Gasteiger partial charge in [0.05, 0.1) is 6.10 Å².